The van der Waals surface area contributed by atoms with Crippen LogP contribution in [0.4, 0.5) is 0 Å². The van der Waals surface area contributed by atoms with Gasteiger partial charge in [-0.05, 0) is 62.3 Å². The maximum atomic E-state index is 12.6. The van der Waals surface area contributed by atoms with Gasteiger partial charge in [-0.15, -0.1) is 0 Å². The van der Waals surface area contributed by atoms with Gasteiger partial charge in [0.1, 0.15) is 5.52 Å². The molecule has 156 valence electrons. The lowest BCUT2D eigenvalue weighted by Gasteiger charge is -2.68. The second-order valence-corrected chi connectivity index (χ2v) is 11.4. The molecule has 30 heavy (non-hydrogen) atoms. The lowest BCUT2D eigenvalue weighted by molar-refractivity contribution is -0.0958. The van der Waals surface area contributed by atoms with Crippen molar-refractivity contribution >= 4 is 38.4 Å². The number of furan rings is 1. The molecule has 1 aromatic carbocycles. The summed E-state index contributed by atoms with van der Waals surface area (Å²) in [6.45, 7) is 0. The van der Waals surface area contributed by atoms with Crippen LogP contribution in [0.25, 0.3) is 11.1 Å². The molecule has 0 spiro atoms. The molecule has 2 bridgehead atoms. The molecule has 4 fully saturated rings. The van der Waals surface area contributed by atoms with Crippen LogP contribution >= 0.6 is 11.6 Å². The van der Waals surface area contributed by atoms with Gasteiger partial charge >= 0.3 is 0 Å². The van der Waals surface area contributed by atoms with Crippen molar-refractivity contribution in [1.29, 1.82) is 0 Å². The van der Waals surface area contributed by atoms with E-state index in [1.807, 2.05) is 6.07 Å². The molecule has 1 amide bonds. The molecule has 0 radical (unpaired) electrons. The van der Waals surface area contributed by atoms with E-state index in [1.54, 1.807) is 12.1 Å². The summed E-state index contributed by atoms with van der Waals surface area (Å²) in [4.78, 5) is 17.2. The molecule has 7 nitrogen and oxygen atoms in total. The highest BCUT2D eigenvalue weighted by Crippen LogP contribution is 2.67. The zero-order chi connectivity index (χ0) is 20.7. The minimum atomic E-state index is -3.47. The standard InChI is InChI=1S/C21H19ClN2O5S/c22-13-3-4-14-16(7-13)29-19(23-14)20-9-21(10-20,11-20)24-18(25)15-5-6-17(28-15)30(26,27)8-12-1-2-12/h3-7,12H,1-2,8-11H2,(H,24,25). The molecule has 2 aromatic heterocycles. The number of rotatable bonds is 6. The Labute approximate surface area is 177 Å². The van der Waals surface area contributed by atoms with E-state index in [-0.39, 0.29) is 39.4 Å². The number of oxazole rings is 1. The van der Waals surface area contributed by atoms with E-state index in [4.69, 9.17) is 20.4 Å². The Morgan fingerprint density at radius 2 is 1.93 bits per heavy atom. The first-order valence-corrected chi connectivity index (χ1v) is 12.0. The maximum Gasteiger partial charge on any atom is 0.287 e. The largest absolute Gasteiger partial charge is 0.440 e. The summed E-state index contributed by atoms with van der Waals surface area (Å²) >= 11 is 6.01. The fourth-order valence-corrected chi connectivity index (χ4v) is 6.63. The minimum absolute atomic E-state index is 0.0275. The third kappa shape index (κ3) is 2.80. The molecule has 0 saturated heterocycles. The first kappa shape index (κ1) is 18.4. The number of sulfone groups is 1. The number of hydrogen-bond donors (Lipinski definition) is 1. The number of benzene rings is 1. The lowest BCUT2D eigenvalue weighted by Crippen LogP contribution is -2.76. The highest BCUT2D eigenvalue weighted by atomic mass is 35.5. The summed E-state index contributed by atoms with van der Waals surface area (Å²) in [5.74, 6) is 0.628. The molecule has 9 heteroatoms. The molecule has 0 unspecified atom stereocenters. The minimum Gasteiger partial charge on any atom is -0.440 e. The summed E-state index contributed by atoms with van der Waals surface area (Å²) in [5.41, 5.74) is 0.971. The van der Waals surface area contributed by atoms with E-state index in [1.165, 1.54) is 12.1 Å². The number of halogens is 1. The average Bonchev–Trinajstić information content (AvgIpc) is 3.14. The van der Waals surface area contributed by atoms with Crippen molar-refractivity contribution in [1.82, 2.24) is 10.3 Å². The van der Waals surface area contributed by atoms with E-state index >= 15 is 0 Å². The van der Waals surface area contributed by atoms with Crippen LogP contribution in [0.3, 0.4) is 0 Å². The predicted molar refractivity (Wildman–Crippen MR) is 108 cm³/mol. The Kier molecular flexibility index (Phi) is 3.62. The van der Waals surface area contributed by atoms with Gasteiger partial charge in [-0.3, -0.25) is 4.79 Å². The number of hydrogen-bond acceptors (Lipinski definition) is 6. The van der Waals surface area contributed by atoms with Crippen molar-refractivity contribution in [2.24, 2.45) is 5.92 Å². The average molecular weight is 447 g/mol. The van der Waals surface area contributed by atoms with Crippen molar-refractivity contribution in [2.45, 2.75) is 48.2 Å². The van der Waals surface area contributed by atoms with Crippen LogP contribution in [0.5, 0.6) is 0 Å². The Bertz CT molecular complexity index is 1280. The van der Waals surface area contributed by atoms with Crippen molar-refractivity contribution < 1.29 is 22.0 Å². The SMILES string of the molecule is O=C(NC12CC(c3nc4ccc(Cl)cc4o3)(C1)C2)c1ccc(S(=O)(=O)CC2CC2)o1. The van der Waals surface area contributed by atoms with Crippen LogP contribution in [-0.2, 0) is 15.3 Å². The first-order chi connectivity index (χ1) is 14.3. The summed E-state index contributed by atoms with van der Waals surface area (Å²) in [6, 6.07) is 8.17. The number of fused-ring (bicyclic) bond motifs is 1. The number of carbonyl (C=O) groups is 1. The van der Waals surface area contributed by atoms with Crippen molar-refractivity contribution in [3.8, 4) is 0 Å². The van der Waals surface area contributed by atoms with Crippen LogP contribution < -0.4 is 5.32 Å². The first-order valence-electron chi connectivity index (χ1n) is 9.98. The third-order valence-corrected chi connectivity index (χ3v) is 8.45. The molecule has 7 rings (SSSR count). The second kappa shape index (κ2) is 5.88. The molecule has 0 aliphatic heterocycles. The van der Waals surface area contributed by atoms with Crippen LogP contribution in [0.2, 0.25) is 5.02 Å². The molecule has 4 aliphatic carbocycles. The topological polar surface area (TPSA) is 102 Å². The number of amides is 1. The molecule has 4 aliphatic rings. The van der Waals surface area contributed by atoms with Crippen LogP contribution in [0.15, 0.2) is 44.3 Å². The molecule has 1 N–H and O–H groups in total. The molecule has 0 atom stereocenters. The van der Waals surface area contributed by atoms with Crippen molar-refractivity contribution in [3.63, 3.8) is 0 Å². The summed E-state index contributed by atoms with van der Waals surface area (Å²) in [5, 5.41) is 3.49. The highest BCUT2D eigenvalue weighted by Gasteiger charge is 2.71. The predicted octanol–water partition coefficient (Wildman–Crippen LogP) is 3.86. The Hall–Kier alpha value is -2.32. The summed E-state index contributed by atoms with van der Waals surface area (Å²) < 4.78 is 35.9. The van der Waals surface area contributed by atoms with Crippen molar-refractivity contribution in [3.05, 3.63) is 47.0 Å². The van der Waals surface area contributed by atoms with E-state index in [2.05, 4.69) is 10.3 Å². The van der Waals surface area contributed by atoms with E-state index in [9.17, 15) is 13.2 Å². The highest BCUT2D eigenvalue weighted by molar-refractivity contribution is 7.91. The fourth-order valence-electron chi connectivity index (χ4n) is 4.86. The van der Waals surface area contributed by atoms with Gasteiger partial charge in [0.15, 0.2) is 11.3 Å². The monoisotopic (exact) mass is 446 g/mol. The summed E-state index contributed by atoms with van der Waals surface area (Å²) in [6.07, 6.45) is 4.08. The van der Waals surface area contributed by atoms with Crippen LogP contribution in [0, 0.1) is 5.92 Å². The Morgan fingerprint density at radius 1 is 1.17 bits per heavy atom. The molecule has 2 heterocycles. The Balaban J connectivity index is 1.13. The van der Waals surface area contributed by atoms with Gasteiger partial charge in [0.05, 0.1) is 11.2 Å². The number of nitrogens with one attached hydrogen (secondary N) is 1. The van der Waals surface area contributed by atoms with E-state index in [0.717, 1.165) is 37.6 Å². The fraction of sp³-hybridized carbons (Fsp3) is 0.429. The van der Waals surface area contributed by atoms with Gasteiger partial charge in [0.25, 0.3) is 5.91 Å². The zero-order valence-electron chi connectivity index (χ0n) is 16.0. The van der Waals surface area contributed by atoms with Gasteiger partial charge in [-0.25, -0.2) is 13.4 Å². The van der Waals surface area contributed by atoms with E-state index in [0.29, 0.717) is 16.5 Å². The second-order valence-electron chi connectivity index (χ2n) is 9.02. The third-order valence-electron chi connectivity index (χ3n) is 6.48. The Morgan fingerprint density at radius 3 is 2.67 bits per heavy atom. The van der Waals surface area contributed by atoms with Gasteiger partial charge in [-0.2, -0.15) is 0 Å². The lowest BCUT2D eigenvalue weighted by atomic mass is 9.39. The quantitative estimate of drug-likeness (QED) is 0.616. The smallest absolute Gasteiger partial charge is 0.287 e. The van der Waals surface area contributed by atoms with Crippen molar-refractivity contribution in [2.75, 3.05) is 5.75 Å². The van der Waals surface area contributed by atoms with Gasteiger partial charge < -0.3 is 14.2 Å². The molecule has 3 aromatic rings. The van der Waals surface area contributed by atoms with E-state index < -0.39 is 9.84 Å². The zero-order valence-corrected chi connectivity index (χ0v) is 17.6. The van der Waals surface area contributed by atoms with Gasteiger partial charge in [-0.1, -0.05) is 11.6 Å². The summed E-state index contributed by atoms with van der Waals surface area (Å²) in [7, 11) is -3.47. The normalized spacial score (nSPS) is 27.5. The van der Waals surface area contributed by atoms with Gasteiger partial charge in [0.2, 0.25) is 20.8 Å². The molecular weight excluding hydrogens is 428 g/mol. The number of carbonyl (C=O) groups excluding carboxylic acids is 1. The number of aromatic nitrogens is 1. The molecular formula is C21H19ClN2O5S. The van der Waals surface area contributed by atoms with Gasteiger partial charge in [0, 0.05) is 16.6 Å². The van der Waals surface area contributed by atoms with Crippen LogP contribution in [0.1, 0.15) is 48.5 Å². The molecule has 4 saturated carbocycles. The maximum absolute atomic E-state index is 12.6. The number of nitrogens with zero attached hydrogens (tertiary/aromatic N) is 1. The van der Waals surface area contributed by atoms with Crippen LogP contribution in [-0.4, -0.2) is 30.6 Å².